The van der Waals surface area contributed by atoms with Crippen LogP contribution in [0.15, 0.2) is 47.3 Å². The molecule has 1 amide bonds. The SMILES string of the molecule is CCn1c(=O)c(C)nc2cc(C(=O)OCC(=O)N(C)Cc3ccc(N(C)C)cc3)ccc21. The second-order valence-corrected chi connectivity index (χ2v) is 7.84. The van der Waals surface area contributed by atoms with Gasteiger partial charge >= 0.3 is 5.97 Å². The van der Waals surface area contributed by atoms with Gasteiger partial charge in [-0.1, -0.05) is 12.1 Å². The molecule has 0 spiro atoms. The topological polar surface area (TPSA) is 84.7 Å². The number of ether oxygens (including phenoxy) is 1. The third-order valence-electron chi connectivity index (χ3n) is 5.29. The fourth-order valence-electron chi connectivity index (χ4n) is 3.40. The molecule has 0 saturated heterocycles. The quantitative estimate of drug-likeness (QED) is 0.530. The molecule has 2 aromatic carbocycles. The summed E-state index contributed by atoms with van der Waals surface area (Å²) in [5.74, 6) is -0.915. The number of esters is 1. The Kier molecular flexibility index (Phi) is 6.92. The number of carbonyl (C=O) groups excluding carboxylic acids is 2. The monoisotopic (exact) mass is 436 g/mol. The molecule has 1 aromatic heterocycles. The Morgan fingerprint density at radius 3 is 2.38 bits per heavy atom. The fourth-order valence-corrected chi connectivity index (χ4v) is 3.40. The Hall–Kier alpha value is -3.68. The largest absolute Gasteiger partial charge is 0.452 e. The van der Waals surface area contributed by atoms with E-state index in [1.54, 1.807) is 36.7 Å². The van der Waals surface area contributed by atoms with Gasteiger partial charge in [-0.2, -0.15) is 0 Å². The van der Waals surface area contributed by atoms with Crippen LogP contribution in [0.25, 0.3) is 11.0 Å². The predicted octanol–water partition coefficient (Wildman–Crippen LogP) is 2.61. The Labute approximate surface area is 187 Å². The minimum absolute atomic E-state index is 0.152. The molecule has 32 heavy (non-hydrogen) atoms. The molecule has 0 aliphatic carbocycles. The van der Waals surface area contributed by atoms with Crippen LogP contribution in [0.5, 0.6) is 0 Å². The van der Waals surface area contributed by atoms with Crippen molar-refractivity contribution in [2.45, 2.75) is 26.9 Å². The maximum Gasteiger partial charge on any atom is 0.338 e. The van der Waals surface area contributed by atoms with Crippen molar-refractivity contribution < 1.29 is 14.3 Å². The molecule has 0 bridgehead atoms. The smallest absolute Gasteiger partial charge is 0.338 e. The lowest BCUT2D eigenvalue weighted by Crippen LogP contribution is -2.30. The van der Waals surface area contributed by atoms with Crippen LogP contribution in [0.3, 0.4) is 0 Å². The molecule has 168 valence electrons. The van der Waals surface area contributed by atoms with Gasteiger partial charge in [0.25, 0.3) is 11.5 Å². The summed E-state index contributed by atoms with van der Waals surface area (Å²) in [5.41, 5.74) is 3.73. The van der Waals surface area contributed by atoms with E-state index >= 15 is 0 Å². The van der Waals surface area contributed by atoms with Gasteiger partial charge in [0.15, 0.2) is 6.61 Å². The van der Waals surface area contributed by atoms with Crippen LogP contribution in [0, 0.1) is 6.92 Å². The third kappa shape index (κ3) is 4.96. The van der Waals surface area contributed by atoms with Crippen LogP contribution in [0.1, 0.15) is 28.5 Å². The second kappa shape index (κ2) is 9.64. The van der Waals surface area contributed by atoms with E-state index < -0.39 is 5.97 Å². The maximum atomic E-state index is 12.5. The van der Waals surface area contributed by atoms with E-state index in [1.807, 2.05) is 50.2 Å². The lowest BCUT2D eigenvalue weighted by atomic mass is 10.2. The van der Waals surface area contributed by atoms with Crippen LogP contribution in [-0.2, 0) is 22.6 Å². The van der Waals surface area contributed by atoms with Crippen LogP contribution < -0.4 is 10.5 Å². The lowest BCUT2D eigenvalue weighted by Gasteiger charge is -2.18. The number of aryl methyl sites for hydroxylation is 2. The highest BCUT2D eigenvalue weighted by molar-refractivity contribution is 5.94. The first-order valence-corrected chi connectivity index (χ1v) is 10.4. The van der Waals surface area contributed by atoms with E-state index in [0.717, 1.165) is 11.3 Å². The number of carbonyl (C=O) groups is 2. The normalized spacial score (nSPS) is 10.8. The summed E-state index contributed by atoms with van der Waals surface area (Å²) in [7, 11) is 5.60. The van der Waals surface area contributed by atoms with Crippen molar-refractivity contribution in [3.8, 4) is 0 Å². The number of fused-ring (bicyclic) bond motifs is 1. The number of likely N-dealkylation sites (N-methyl/N-ethyl adjacent to an activating group) is 1. The predicted molar refractivity (Wildman–Crippen MR) is 124 cm³/mol. The number of rotatable bonds is 7. The zero-order chi connectivity index (χ0) is 23.4. The summed E-state index contributed by atoms with van der Waals surface area (Å²) in [6, 6.07) is 12.7. The van der Waals surface area contributed by atoms with Crippen molar-refractivity contribution in [1.29, 1.82) is 0 Å². The van der Waals surface area contributed by atoms with Gasteiger partial charge in [0.1, 0.15) is 5.69 Å². The molecular formula is C24H28N4O4. The van der Waals surface area contributed by atoms with E-state index in [-0.39, 0.29) is 23.6 Å². The molecule has 0 atom stereocenters. The summed E-state index contributed by atoms with van der Waals surface area (Å²) < 4.78 is 6.83. The Morgan fingerprint density at radius 1 is 1.06 bits per heavy atom. The number of hydrogen-bond acceptors (Lipinski definition) is 6. The highest BCUT2D eigenvalue weighted by Crippen LogP contribution is 2.15. The standard InChI is InChI=1S/C24H28N4O4/c1-6-28-21-12-9-18(13-20(21)25-16(2)23(28)30)24(31)32-15-22(29)27(5)14-17-7-10-19(11-8-17)26(3)4/h7-13H,6,14-15H2,1-5H3. The lowest BCUT2D eigenvalue weighted by molar-refractivity contribution is -0.133. The summed E-state index contributed by atoms with van der Waals surface area (Å²) >= 11 is 0. The molecule has 0 N–H and O–H groups in total. The van der Waals surface area contributed by atoms with Gasteiger partial charge in [-0.3, -0.25) is 9.59 Å². The van der Waals surface area contributed by atoms with E-state index in [0.29, 0.717) is 29.8 Å². The molecule has 0 fully saturated rings. The molecule has 8 heteroatoms. The molecule has 0 radical (unpaired) electrons. The zero-order valence-electron chi connectivity index (χ0n) is 19.1. The van der Waals surface area contributed by atoms with Gasteiger partial charge in [0.2, 0.25) is 0 Å². The van der Waals surface area contributed by atoms with E-state index in [4.69, 9.17) is 4.74 Å². The van der Waals surface area contributed by atoms with Crippen LogP contribution in [-0.4, -0.2) is 54.1 Å². The first-order chi connectivity index (χ1) is 15.2. The van der Waals surface area contributed by atoms with Crippen molar-refractivity contribution in [3.63, 3.8) is 0 Å². The number of benzene rings is 2. The Bertz CT molecular complexity index is 1200. The molecule has 1 heterocycles. The molecule has 3 rings (SSSR count). The van der Waals surface area contributed by atoms with E-state index in [9.17, 15) is 14.4 Å². The number of amides is 1. The summed E-state index contributed by atoms with van der Waals surface area (Å²) in [6.45, 7) is 4.08. The molecule has 0 aliphatic rings. The van der Waals surface area contributed by atoms with Crippen LogP contribution >= 0.6 is 0 Å². The highest BCUT2D eigenvalue weighted by Gasteiger charge is 2.16. The molecule has 3 aromatic rings. The summed E-state index contributed by atoms with van der Waals surface area (Å²) in [4.78, 5) is 44.9. The Morgan fingerprint density at radius 2 is 1.75 bits per heavy atom. The number of anilines is 1. The van der Waals surface area contributed by atoms with Crippen LogP contribution in [0.2, 0.25) is 0 Å². The first kappa shape index (κ1) is 23.0. The average Bonchev–Trinajstić information content (AvgIpc) is 2.78. The van der Waals surface area contributed by atoms with E-state index in [2.05, 4.69) is 4.98 Å². The molecule has 8 nitrogen and oxygen atoms in total. The van der Waals surface area contributed by atoms with Crippen molar-refractivity contribution in [3.05, 3.63) is 69.6 Å². The van der Waals surface area contributed by atoms with Gasteiger partial charge in [-0.15, -0.1) is 0 Å². The minimum atomic E-state index is -0.613. The van der Waals surface area contributed by atoms with E-state index in [1.165, 1.54) is 4.90 Å². The zero-order valence-corrected chi connectivity index (χ0v) is 19.1. The molecule has 0 unspecified atom stereocenters. The van der Waals surface area contributed by atoms with Crippen molar-refractivity contribution in [2.24, 2.45) is 0 Å². The summed E-state index contributed by atoms with van der Waals surface area (Å²) in [5, 5.41) is 0. The highest BCUT2D eigenvalue weighted by atomic mass is 16.5. The number of aromatic nitrogens is 2. The molecule has 0 saturated carbocycles. The second-order valence-electron chi connectivity index (χ2n) is 7.84. The third-order valence-corrected chi connectivity index (χ3v) is 5.29. The van der Waals surface area contributed by atoms with Gasteiger partial charge < -0.3 is 19.1 Å². The van der Waals surface area contributed by atoms with Crippen molar-refractivity contribution in [2.75, 3.05) is 32.6 Å². The van der Waals surface area contributed by atoms with Crippen LogP contribution in [0.4, 0.5) is 5.69 Å². The molecular weight excluding hydrogens is 408 g/mol. The summed E-state index contributed by atoms with van der Waals surface area (Å²) in [6.07, 6.45) is 0. The van der Waals surface area contributed by atoms with Gasteiger partial charge in [-0.25, -0.2) is 9.78 Å². The fraction of sp³-hybridized carbons (Fsp3) is 0.333. The Balaban J connectivity index is 1.64. The average molecular weight is 437 g/mol. The molecule has 0 aliphatic heterocycles. The first-order valence-electron chi connectivity index (χ1n) is 10.4. The van der Waals surface area contributed by atoms with Crippen molar-refractivity contribution >= 4 is 28.6 Å². The number of nitrogens with zero attached hydrogens (tertiary/aromatic N) is 4. The maximum absolute atomic E-state index is 12.5. The number of hydrogen-bond donors (Lipinski definition) is 0. The van der Waals surface area contributed by atoms with Gasteiger partial charge in [0, 0.05) is 39.9 Å². The van der Waals surface area contributed by atoms with Crippen molar-refractivity contribution in [1.82, 2.24) is 14.5 Å². The van der Waals surface area contributed by atoms with Gasteiger partial charge in [-0.05, 0) is 49.7 Å². The minimum Gasteiger partial charge on any atom is -0.452 e. The van der Waals surface area contributed by atoms with Gasteiger partial charge in [0.05, 0.1) is 16.6 Å².